The fourth-order valence-corrected chi connectivity index (χ4v) is 5.80. The molecule has 2 aromatic rings. The summed E-state index contributed by atoms with van der Waals surface area (Å²) < 4.78 is 38.4. The summed E-state index contributed by atoms with van der Waals surface area (Å²) in [5.74, 6) is 0.895. The van der Waals surface area contributed by atoms with Gasteiger partial charge in [-0.3, -0.25) is 4.90 Å². The smallest absolute Gasteiger partial charge is 0.243 e. The van der Waals surface area contributed by atoms with E-state index in [2.05, 4.69) is 17.0 Å². The Morgan fingerprint density at radius 2 is 1.83 bits per heavy atom. The molecule has 4 rings (SSSR count). The van der Waals surface area contributed by atoms with Crippen LogP contribution in [0.1, 0.15) is 36.9 Å². The second kappa shape index (κ2) is 9.47. The predicted molar refractivity (Wildman–Crippen MR) is 116 cm³/mol. The largest absolute Gasteiger partial charge is 0.494 e. The number of nitrogens with zero attached hydrogens (tertiary/aromatic N) is 2. The molecule has 1 atom stereocenters. The molecule has 2 aromatic carbocycles. The van der Waals surface area contributed by atoms with Crippen LogP contribution in [0.4, 0.5) is 0 Å². The molecule has 162 valence electrons. The van der Waals surface area contributed by atoms with Gasteiger partial charge in [0.05, 0.1) is 24.7 Å². The van der Waals surface area contributed by atoms with Crippen LogP contribution in [0.2, 0.25) is 0 Å². The lowest BCUT2D eigenvalue weighted by Crippen LogP contribution is -2.40. The third-order valence-corrected chi connectivity index (χ3v) is 7.73. The molecule has 0 aromatic heterocycles. The summed E-state index contributed by atoms with van der Waals surface area (Å²) in [4.78, 5) is 2.81. The zero-order valence-corrected chi connectivity index (χ0v) is 18.3. The molecule has 2 aliphatic heterocycles. The van der Waals surface area contributed by atoms with Gasteiger partial charge in [-0.1, -0.05) is 24.3 Å². The van der Waals surface area contributed by atoms with Crippen molar-refractivity contribution >= 4 is 10.0 Å². The molecule has 2 heterocycles. The van der Waals surface area contributed by atoms with Crippen molar-refractivity contribution in [1.29, 1.82) is 0 Å². The van der Waals surface area contributed by atoms with Gasteiger partial charge in [0.15, 0.2) is 0 Å². The predicted octanol–water partition coefficient (Wildman–Crippen LogP) is 3.44. The number of ether oxygens (including phenoxy) is 2. The Morgan fingerprint density at radius 1 is 1.07 bits per heavy atom. The van der Waals surface area contributed by atoms with Crippen LogP contribution in [-0.2, 0) is 21.3 Å². The number of benzene rings is 2. The van der Waals surface area contributed by atoms with Crippen molar-refractivity contribution in [3.8, 4) is 5.75 Å². The van der Waals surface area contributed by atoms with E-state index in [1.54, 1.807) is 6.07 Å². The molecule has 0 radical (unpaired) electrons. The summed E-state index contributed by atoms with van der Waals surface area (Å²) in [6, 6.07) is 16.1. The first-order chi connectivity index (χ1) is 14.6. The Hall–Kier alpha value is -1.93. The molecule has 2 fully saturated rings. The van der Waals surface area contributed by atoms with Crippen molar-refractivity contribution in [1.82, 2.24) is 9.21 Å². The van der Waals surface area contributed by atoms with Gasteiger partial charge in [-0.15, -0.1) is 0 Å². The van der Waals surface area contributed by atoms with E-state index in [1.165, 1.54) is 9.87 Å². The van der Waals surface area contributed by atoms with Crippen molar-refractivity contribution in [3.63, 3.8) is 0 Å². The highest BCUT2D eigenvalue weighted by molar-refractivity contribution is 7.89. The van der Waals surface area contributed by atoms with Gasteiger partial charge < -0.3 is 9.47 Å². The van der Waals surface area contributed by atoms with Crippen molar-refractivity contribution < 1.29 is 17.9 Å². The summed E-state index contributed by atoms with van der Waals surface area (Å²) in [5.41, 5.74) is 2.32. The maximum Gasteiger partial charge on any atom is 0.243 e. The fraction of sp³-hybridized carbons (Fsp3) is 0.478. The first-order valence-corrected chi connectivity index (χ1v) is 12.2. The minimum atomic E-state index is -3.47. The molecule has 0 amide bonds. The van der Waals surface area contributed by atoms with E-state index in [0.29, 0.717) is 43.8 Å². The molecule has 30 heavy (non-hydrogen) atoms. The highest BCUT2D eigenvalue weighted by atomic mass is 32.2. The van der Waals surface area contributed by atoms with Crippen LogP contribution in [0.25, 0.3) is 0 Å². The second-order valence-electron chi connectivity index (χ2n) is 7.79. The maximum absolute atomic E-state index is 13.0. The molecule has 0 saturated carbocycles. The van der Waals surface area contributed by atoms with E-state index in [-0.39, 0.29) is 0 Å². The third-order valence-electron chi connectivity index (χ3n) is 5.83. The van der Waals surface area contributed by atoms with Crippen molar-refractivity contribution in [2.45, 2.75) is 37.2 Å². The minimum Gasteiger partial charge on any atom is -0.494 e. The molecule has 0 N–H and O–H groups in total. The number of rotatable bonds is 7. The molecular weight excluding hydrogens is 400 g/mol. The van der Waals surface area contributed by atoms with Crippen LogP contribution in [0.5, 0.6) is 5.75 Å². The van der Waals surface area contributed by atoms with E-state index in [0.717, 1.165) is 37.2 Å². The van der Waals surface area contributed by atoms with Crippen LogP contribution in [0, 0.1) is 0 Å². The highest BCUT2D eigenvalue weighted by Crippen LogP contribution is 2.34. The zero-order valence-electron chi connectivity index (χ0n) is 17.5. The quantitative estimate of drug-likeness (QED) is 0.673. The summed E-state index contributed by atoms with van der Waals surface area (Å²) in [6.45, 7) is 6.14. The molecule has 0 unspecified atom stereocenters. The van der Waals surface area contributed by atoms with Crippen LogP contribution < -0.4 is 4.74 Å². The van der Waals surface area contributed by atoms with Gasteiger partial charge in [-0.05, 0) is 61.7 Å². The van der Waals surface area contributed by atoms with Gasteiger partial charge in [-0.25, -0.2) is 8.42 Å². The van der Waals surface area contributed by atoms with E-state index in [1.807, 2.05) is 37.3 Å². The van der Waals surface area contributed by atoms with Crippen molar-refractivity contribution in [2.24, 2.45) is 0 Å². The lowest BCUT2D eigenvalue weighted by molar-refractivity contribution is 0.0730. The molecule has 6 nitrogen and oxygen atoms in total. The Morgan fingerprint density at radius 3 is 2.57 bits per heavy atom. The van der Waals surface area contributed by atoms with Crippen LogP contribution in [-0.4, -0.2) is 57.1 Å². The van der Waals surface area contributed by atoms with Crippen LogP contribution in [0.15, 0.2) is 53.4 Å². The molecule has 7 heteroatoms. The zero-order chi connectivity index (χ0) is 21.0. The van der Waals surface area contributed by atoms with Gasteiger partial charge in [-0.2, -0.15) is 4.31 Å². The second-order valence-corrected chi connectivity index (χ2v) is 9.73. The Balaban J connectivity index is 1.49. The minimum absolute atomic E-state index is 0.347. The van der Waals surface area contributed by atoms with Crippen LogP contribution >= 0.6 is 0 Å². The Labute approximate surface area is 179 Å². The summed E-state index contributed by atoms with van der Waals surface area (Å²) in [5, 5.41) is 0. The van der Waals surface area contributed by atoms with E-state index < -0.39 is 10.0 Å². The standard InChI is InChI=1S/C23H30N2O4S/c1-2-29-21-10-8-20(9-11-21)23-7-4-12-24(23)18-19-5-3-6-22(17-19)30(26,27)25-13-15-28-16-14-25/h3,5-6,8-11,17,23H,2,4,7,12-16,18H2,1H3/t23-/m1/s1. The molecule has 2 aliphatic rings. The average molecular weight is 431 g/mol. The maximum atomic E-state index is 13.0. The summed E-state index contributed by atoms with van der Waals surface area (Å²) in [6.07, 6.45) is 2.25. The average Bonchev–Trinajstić information content (AvgIpc) is 3.23. The van der Waals surface area contributed by atoms with Crippen LogP contribution in [0.3, 0.4) is 0 Å². The Kier molecular flexibility index (Phi) is 6.73. The molecule has 0 bridgehead atoms. The molecule has 2 saturated heterocycles. The number of likely N-dealkylation sites (tertiary alicyclic amines) is 1. The molecular formula is C23H30N2O4S. The van der Waals surface area contributed by atoms with Crippen molar-refractivity contribution in [2.75, 3.05) is 39.5 Å². The third kappa shape index (κ3) is 4.70. The number of hydrogen-bond donors (Lipinski definition) is 0. The van der Waals surface area contributed by atoms with E-state index >= 15 is 0 Å². The normalized spacial score (nSPS) is 21.0. The molecule has 0 spiro atoms. The molecule has 0 aliphatic carbocycles. The fourth-order valence-electron chi connectivity index (χ4n) is 4.32. The van der Waals surface area contributed by atoms with Gasteiger partial charge >= 0.3 is 0 Å². The van der Waals surface area contributed by atoms with Gasteiger partial charge in [0.1, 0.15) is 5.75 Å². The topological polar surface area (TPSA) is 59.1 Å². The first kappa shape index (κ1) is 21.3. The number of sulfonamides is 1. The monoisotopic (exact) mass is 430 g/mol. The van der Waals surface area contributed by atoms with E-state index in [4.69, 9.17) is 9.47 Å². The lowest BCUT2D eigenvalue weighted by Gasteiger charge is -2.27. The van der Waals surface area contributed by atoms with Gasteiger partial charge in [0.25, 0.3) is 0 Å². The highest BCUT2D eigenvalue weighted by Gasteiger charge is 2.28. The summed E-state index contributed by atoms with van der Waals surface area (Å²) in [7, 11) is -3.47. The first-order valence-electron chi connectivity index (χ1n) is 10.7. The lowest BCUT2D eigenvalue weighted by atomic mass is 10.0. The van der Waals surface area contributed by atoms with Gasteiger partial charge in [0.2, 0.25) is 10.0 Å². The van der Waals surface area contributed by atoms with Crippen molar-refractivity contribution in [3.05, 3.63) is 59.7 Å². The SMILES string of the molecule is CCOc1ccc([C@H]2CCCN2Cc2cccc(S(=O)(=O)N3CCOCC3)c2)cc1. The summed E-state index contributed by atoms with van der Waals surface area (Å²) >= 11 is 0. The Bertz CT molecular complexity index is 940. The van der Waals surface area contributed by atoms with Gasteiger partial charge in [0, 0.05) is 25.7 Å². The van der Waals surface area contributed by atoms with E-state index in [9.17, 15) is 8.42 Å². The number of hydrogen-bond acceptors (Lipinski definition) is 5. The number of morpholine rings is 1.